The summed E-state index contributed by atoms with van der Waals surface area (Å²) in [6.45, 7) is 0. The maximum Gasteiger partial charge on any atom is 0.0241 e. The summed E-state index contributed by atoms with van der Waals surface area (Å²) in [5, 5.41) is 0. The minimum absolute atomic E-state index is 0.220. The number of benzene rings is 2. The second-order valence-electron chi connectivity index (χ2n) is 5.64. The smallest absolute Gasteiger partial charge is 0.0241 e. The van der Waals surface area contributed by atoms with Crippen LogP contribution in [0.2, 0.25) is 0 Å². The fourth-order valence-corrected chi connectivity index (χ4v) is 2.88. The van der Waals surface area contributed by atoms with Crippen LogP contribution < -0.4 is 5.73 Å². The zero-order valence-corrected chi connectivity index (χ0v) is 11.2. The Labute approximate surface area is 115 Å². The Balaban J connectivity index is 1.90. The highest BCUT2D eigenvalue weighted by molar-refractivity contribution is 5.34. The van der Waals surface area contributed by atoms with Crippen molar-refractivity contribution in [3.05, 3.63) is 71.8 Å². The van der Waals surface area contributed by atoms with Gasteiger partial charge in [-0.2, -0.15) is 0 Å². The molecule has 0 radical (unpaired) electrons. The van der Waals surface area contributed by atoms with E-state index in [1.807, 2.05) is 0 Å². The summed E-state index contributed by atoms with van der Waals surface area (Å²) in [5.74, 6) is 1.19. The van der Waals surface area contributed by atoms with Crippen molar-refractivity contribution < 1.29 is 0 Å². The summed E-state index contributed by atoms with van der Waals surface area (Å²) in [5.41, 5.74) is 9.19. The summed E-state index contributed by atoms with van der Waals surface area (Å²) in [6.07, 6.45) is 3.88. The van der Waals surface area contributed by atoms with Crippen molar-refractivity contribution in [2.24, 2.45) is 11.7 Å². The molecule has 0 saturated heterocycles. The average molecular weight is 251 g/mol. The van der Waals surface area contributed by atoms with Crippen LogP contribution in [-0.2, 0) is 0 Å². The van der Waals surface area contributed by atoms with Gasteiger partial charge in [-0.05, 0) is 23.5 Å². The van der Waals surface area contributed by atoms with Gasteiger partial charge in [0.1, 0.15) is 0 Å². The molecular weight excluding hydrogens is 230 g/mol. The zero-order chi connectivity index (χ0) is 13.1. The summed E-state index contributed by atoms with van der Waals surface area (Å²) in [7, 11) is 0. The minimum atomic E-state index is 0.220. The van der Waals surface area contributed by atoms with E-state index in [2.05, 4.69) is 60.7 Å². The average Bonchev–Trinajstić information content (AvgIpc) is 3.25. The van der Waals surface area contributed by atoms with E-state index in [9.17, 15) is 0 Å². The van der Waals surface area contributed by atoms with Gasteiger partial charge in [-0.1, -0.05) is 73.5 Å². The highest BCUT2D eigenvalue weighted by Crippen LogP contribution is 2.38. The second kappa shape index (κ2) is 5.58. The molecule has 98 valence electrons. The van der Waals surface area contributed by atoms with E-state index < -0.39 is 0 Å². The molecule has 1 saturated carbocycles. The third-order valence-corrected chi connectivity index (χ3v) is 4.05. The van der Waals surface area contributed by atoms with Crippen LogP contribution in [-0.4, -0.2) is 6.04 Å². The molecule has 0 amide bonds. The van der Waals surface area contributed by atoms with Crippen LogP contribution in [0.3, 0.4) is 0 Å². The number of rotatable bonds is 5. The largest absolute Gasteiger partial charge is 0.327 e. The molecule has 1 aliphatic carbocycles. The van der Waals surface area contributed by atoms with Crippen LogP contribution in [0.1, 0.15) is 36.3 Å². The molecule has 0 aromatic heterocycles. The van der Waals surface area contributed by atoms with Crippen molar-refractivity contribution in [2.75, 3.05) is 0 Å². The normalized spacial score (nSPS) is 16.5. The van der Waals surface area contributed by atoms with Gasteiger partial charge in [0.05, 0.1) is 0 Å². The molecule has 3 rings (SSSR count). The van der Waals surface area contributed by atoms with Crippen molar-refractivity contribution in [1.29, 1.82) is 0 Å². The molecule has 0 bridgehead atoms. The van der Waals surface area contributed by atoms with Crippen LogP contribution >= 0.6 is 0 Å². The van der Waals surface area contributed by atoms with E-state index in [0.29, 0.717) is 5.92 Å². The quantitative estimate of drug-likeness (QED) is 0.855. The Bertz CT molecular complexity index is 462. The Morgan fingerprint density at radius 1 is 0.842 bits per heavy atom. The molecule has 0 spiro atoms. The molecule has 19 heavy (non-hydrogen) atoms. The van der Waals surface area contributed by atoms with E-state index in [4.69, 9.17) is 5.73 Å². The highest BCUT2D eigenvalue weighted by atomic mass is 14.7. The highest BCUT2D eigenvalue weighted by Gasteiger charge is 2.29. The van der Waals surface area contributed by atoms with Crippen LogP contribution in [0.4, 0.5) is 0 Å². The molecular formula is C18H21N. The summed E-state index contributed by atoms with van der Waals surface area (Å²) >= 11 is 0. The van der Waals surface area contributed by atoms with Crippen LogP contribution in [0.15, 0.2) is 60.7 Å². The van der Waals surface area contributed by atoms with E-state index in [-0.39, 0.29) is 6.04 Å². The first-order chi connectivity index (χ1) is 9.34. The first-order valence-corrected chi connectivity index (χ1v) is 7.20. The van der Waals surface area contributed by atoms with Gasteiger partial charge in [0.2, 0.25) is 0 Å². The first kappa shape index (κ1) is 12.4. The predicted molar refractivity (Wildman–Crippen MR) is 80.0 cm³/mol. The van der Waals surface area contributed by atoms with Crippen molar-refractivity contribution in [3.63, 3.8) is 0 Å². The van der Waals surface area contributed by atoms with Gasteiger partial charge in [0.15, 0.2) is 0 Å². The second-order valence-corrected chi connectivity index (χ2v) is 5.64. The van der Waals surface area contributed by atoms with Gasteiger partial charge in [0.25, 0.3) is 0 Å². The van der Waals surface area contributed by atoms with Crippen LogP contribution in [0, 0.1) is 5.92 Å². The van der Waals surface area contributed by atoms with E-state index in [1.54, 1.807) is 0 Å². The maximum atomic E-state index is 6.52. The molecule has 0 aliphatic heterocycles. The lowest BCUT2D eigenvalue weighted by Gasteiger charge is -2.25. The monoisotopic (exact) mass is 251 g/mol. The molecule has 2 N–H and O–H groups in total. The molecule has 2 aromatic carbocycles. The maximum absolute atomic E-state index is 6.52. The zero-order valence-electron chi connectivity index (χ0n) is 11.2. The predicted octanol–water partition coefficient (Wildman–Crippen LogP) is 3.95. The molecule has 0 heterocycles. The molecule has 2 aromatic rings. The number of hydrogen-bond donors (Lipinski definition) is 1. The fraction of sp³-hybridized carbons (Fsp3) is 0.333. The Kier molecular flexibility index (Phi) is 3.65. The van der Waals surface area contributed by atoms with Gasteiger partial charge in [-0.25, -0.2) is 0 Å². The Hall–Kier alpha value is -1.60. The van der Waals surface area contributed by atoms with Crippen LogP contribution in [0.25, 0.3) is 0 Å². The molecule has 1 atom stereocenters. The van der Waals surface area contributed by atoms with Crippen LogP contribution in [0.5, 0.6) is 0 Å². The standard InChI is InChI=1S/C18H21N/c19-17(13-14-11-12-14)18(15-7-3-1-4-8-15)16-9-5-2-6-10-16/h1-10,14,17-18H,11-13,19H2. The summed E-state index contributed by atoms with van der Waals surface area (Å²) in [6, 6.07) is 21.6. The molecule has 1 heteroatoms. The van der Waals surface area contributed by atoms with Crippen molar-refractivity contribution >= 4 is 0 Å². The fourth-order valence-electron chi connectivity index (χ4n) is 2.88. The SMILES string of the molecule is NC(CC1CC1)C(c1ccccc1)c1ccccc1. The van der Waals surface area contributed by atoms with Crippen molar-refractivity contribution in [2.45, 2.75) is 31.2 Å². The molecule has 1 fully saturated rings. The number of nitrogens with two attached hydrogens (primary N) is 1. The third kappa shape index (κ3) is 3.05. The van der Waals surface area contributed by atoms with Crippen molar-refractivity contribution in [1.82, 2.24) is 0 Å². The summed E-state index contributed by atoms with van der Waals surface area (Å²) in [4.78, 5) is 0. The Morgan fingerprint density at radius 2 is 1.32 bits per heavy atom. The first-order valence-electron chi connectivity index (χ1n) is 7.20. The van der Waals surface area contributed by atoms with E-state index in [0.717, 1.165) is 12.3 Å². The van der Waals surface area contributed by atoms with Gasteiger partial charge < -0.3 is 5.73 Å². The van der Waals surface area contributed by atoms with Gasteiger partial charge in [-0.3, -0.25) is 0 Å². The van der Waals surface area contributed by atoms with Gasteiger partial charge >= 0.3 is 0 Å². The lowest BCUT2D eigenvalue weighted by molar-refractivity contribution is 0.518. The number of hydrogen-bond acceptors (Lipinski definition) is 1. The van der Waals surface area contributed by atoms with Gasteiger partial charge in [0, 0.05) is 12.0 Å². The molecule has 1 unspecified atom stereocenters. The van der Waals surface area contributed by atoms with Gasteiger partial charge in [-0.15, -0.1) is 0 Å². The van der Waals surface area contributed by atoms with Crippen molar-refractivity contribution in [3.8, 4) is 0 Å². The van der Waals surface area contributed by atoms with E-state index >= 15 is 0 Å². The topological polar surface area (TPSA) is 26.0 Å². The molecule has 1 nitrogen and oxygen atoms in total. The lowest BCUT2D eigenvalue weighted by Crippen LogP contribution is -2.29. The minimum Gasteiger partial charge on any atom is -0.327 e. The lowest BCUT2D eigenvalue weighted by atomic mass is 9.83. The Morgan fingerprint density at radius 3 is 1.74 bits per heavy atom. The molecule has 1 aliphatic rings. The van der Waals surface area contributed by atoms with E-state index in [1.165, 1.54) is 24.0 Å². The third-order valence-electron chi connectivity index (χ3n) is 4.05. The summed E-state index contributed by atoms with van der Waals surface area (Å²) < 4.78 is 0.